The van der Waals surface area contributed by atoms with Crippen LogP contribution in [-0.4, -0.2) is 23.1 Å². The van der Waals surface area contributed by atoms with Crippen LogP contribution in [0, 0.1) is 13.8 Å². The van der Waals surface area contributed by atoms with E-state index >= 15 is 0 Å². The summed E-state index contributed by atoms with van der Waals surface area (Å²) in [5, 5.41) is 17.3. The maximum absolute atomic E-state index is 13.1. The summed E-state index contributed by atoms with van der Waals surface area (Å²) in [4.78, 5) is 27.2. The first-order valence-corrected chi connectivity index (χ1v) is 9.62. The molecule has 6 nitrogen and oxygen atoms in total. The number of benzene rings is 2. The Labute approximate surface area is 165 Å². The fourth-order valence-electron chi connectivity index (χ4n) is 3.26. The van der Waals surface area contributed by atoms with Crippen LogP contribution >= 0.6 is 15.9 Å². The van der Waals surface area contributed by atoms with Crippen LogP contribution in [0.2, 0.25) is 0 Å². The number of fused-ring (bicyclic) bond motifs is 1. The van der Waals surface area contributed by atoms with Gasteiger partial charge in [0.05, 0.1) is 5.69 Å². The number of aliphatic hydroxyl groups is 1. The van der Waals surface area contributed by atoms with Crippen molar-refractivity contribution in [3.05, 3.63) is 57.6 Å². The van der Waals surface area contributed by atoms with E-state index in [0.717, 1.165) is 28.9 Å². The van der Waals surface area contributed by atoms with Gasteiger partial charge in [0.1, 0.15) is 0 Å². The topological polar surface area (TPSA) is 81.7 Å². The predicted octanol–water partition coefficient (Wildman–Crippen LogP) is 3.54. The number of nitrogens with one attached hydrogen (secondary N) is 2. The summed E-state index contributed by atoms with van der Waals surface area (Å²) in [6.07, 6.45) is 1.76. The Morgan fingerprint density at radius 1 is 1.22 bits per heavy atom. The maximum Gasteiger partial charge on any atom is 0.329 e. The normalized spacial score (nSPS) is 21.5. The first kappa shape index (κ1) is 18.0. The second kappa shape index (κ2) is 6.35. The van der Waals surface area contributed by atoms with Gasteiger partial charge in [-0.1, -0.05) is 22.0 Å². The third-order valence-corrected chi connectivity index (χ3v) is 5.60. The molecular formula is C20H20BrN3O3. The summed E-state index contributed by atoms with van der Waals surface area (Å²) < 4.78 is 0.704. The Balaban J connectivity index is 1.90. The number of hydrogen-bond acceptors (Lipinski definition) is 3. The lowest BCUT2D eigenvalue weighted by Gasteiger charge is -2.43. The van der Waals surface area contributed by atoms with Gasteiger partial charge in [0, 0.05) is 21.8 Å². The lowest BCUT2D eigenvalue weighted by molar-refractivity contribution is -0.140. The highest BCUT2D eigenvalue weighted by Gasteiger charge is 2.53. The molecule has 2 aliphatic rings. The largest absolute Gasteiger partial charge is 0.359 e. The fraction of sp³-hybridized carbons (Fsp3) is 0.300. The molecule has 140 valence electrons. The van der Waals surface area contributed by atoms with Gasteiger partial charge in [0.25, 0.3) is 11.6 Å². The van der Waals surface area contributed by atoms with Crippen LogP contribution in [0.1, 0.15) is 29.5 Å². The van der Waals surface area contributed by atoms with Gasteiger partial charge in [0.15, 0.2) is 0 Å². The minimum atomic E-state index is -2.15. The van der Waals surface area contributed by atoms with Gasteiger partial charge in [-0.15, -0.1) is 0 Å². The van der Waals surface area contributed by atoms with Gasteiger partial charge in [-0.3, -0.25) is 9.69 Å². The Bertz CT molecular complexity index is 957. The van der Waals surface area contributed by atoms with Crippen LogP contribution < -0.4 is 15.5 Å². The van der Waals surface area contributed by atoms with Crippen molar-refractivity contribution in [1.82, 2.24) is 5.32 Å². The molecular weight excluding hydrogens is 410 g/mol. The molecule has 1 aliphatic carbocycles. The summed E-state index contributed by atoms with van der Waals surface area (Å²) in [5.74, 6) is -0.600. The minimum Gasteiger partial charge on any atom is -0.359 e. The van der Waals surface area contributed by atoms with Crippen LogP contribution in [0.15, 0.2) is 40.9 Å². The number of halogens is 1. The zero-order valence-electron chi connectivity index (χ0n) is 15.0. The van der Waals surface area contributed by atoms with Crippen molar-refractivity contribution in [3.63, 3.8) is 0 Å². The molecule has 4 rings (SSSR count). The van der Waals surface area contributed by atoms with E-state index in [-0.39, 0.29) is 6.04 Å². The number of nitrogens with zero attached hydrogens (tertiary/aromatic N) is 1. The average molecular weight is 430 g/mol. The Morgan fingerprint density at radius 2 is 1.96 bits per heavy atom. The number of carbonyl (C=O) groups is 2. The van der Waals surface area contributed by atoms with Crippen LogP contribution in [0.5, 0.6) is 0 Å². The van der Waals surface area contributed by atoms with E-state index in [0.29, 0.717) is 21.4 Å². The van der Waals surface area contributed by atoms with Crippen LogP contribution in [-0.2, 0) is 10.5 Å². The van der Waals surface area contributed by atoms with Gasteiger partial charge in [-0.25, -0.2) is 4.79 Å². The zero-order chi connectivity index (χ0) is 19.3. The van der Waals surface area contributed by atoms with Crippen molar-refractivity contribution in [2.24, 2.45) is 0 Å². The summed E-state index contributed by atoms with van der Waals surface area (Å²) in [7, 11) is 0. The number of urea groups is 1. The number of rotatable bonds is 3. The molecule has 1 heterocycles. The predicted molar refractivity (Wildman–Crippen MR) is 107 cm³/mol. The molecule has 7 heteroatoms. The average Bonchev–Trinajstić information content (AvgIpc) is 3.43. The number of carbonyl (C=O) groups excluding carboxylic acids is 2. The summed E-state index contributed by atoms with van der Waals surface area (Å²) >= 11 is 3.39. The van der Waals surface area contributed by atoms with Crippen LogP contribution in [0.4, 0.5) is 16.2 Å². The van der Waals surface area contributed by atoms with Gasteiger partial charge < -0.3 is 15.7 Å². The molecule has 3 amide bonds. The second-order valence-corrected chi connectivity index (χ2v) is 8.06. The smallest absolute Gasteiger partial charge is 0.329 e. The quantitative estimate of drug-likeness (QED) is 0.697. The molecule has 1 saturated carbocycles. The van der Waals surface area contributed by atoms with Gasteiger partial charge in [-0.05, 0) is 68.1 Å². The van der Waals surface area contributed by atoms with Crippen molar-refractivity contribution in [3.8, 4) is 0 Å². The highest BCUT2D eigenvalue weighted by molar-refractivity contribution is 9.10. The van der Waals surface area contributed by atoms with Crippen LogP contribution in [0.25, 0.3) is 0 Å². The molecule has 1 atom stereocenters. The molecule has 2 aromatic rings. The monoisotopic (exact) mass is 429 g/mol. The zero-order valence-corrected chi connectivity index (χ0v) is 16.6. The van der Waals surface area contributed by atoms with E-state index in [1.807, 2.05) is 19.9 Å². The first-order chi connectivity index (χ1) is 12.8. The highest BCUT2D eigenvalue weighted by atomic mass is 79.9. The number of aryl methyl sites for hydroxylation is 2. The lowest BCUT2D eigenvalue weighted by atomic mass is 9.94. The molecule has 0 radical (unpaired) electrons. The summed E-state index contributed by atoms with van der Waals surface area (Å²) in [5.41, 5.74) is 1.07. The van der Waals surface area contributed by atoms with E-state index in [9.17, 15) is 14.7 Å². The van der Waals surface area contributed by atoms with E-state index in [4.69, 9.17) is 0 Å². The Kier molecular flexibility index (Phi) is 4.24. The molecule has 3 N–H and O–H groups in total. The molecule has 0 spiro atoms. The highest BCUT2D eigenvalue weighted by Crippen LogP contribution is 2.41. The molecule has 1 aliphatic heterocycles. The lowest BCUT2D eigenvalue weighted by Crippen LogP contribution is -2.62. The maximum atomic E-state index is 13.1. The summed E-state index contributed by atoms with van der Waals surface area (Å²) in [6, 6.07) is 9.98. The number of hydrogen-bond donors (Lipinski definition) is 3. The molecule has 1 fully saturated rings. The van der Waals surface area contributed by atoms with Crippen molar-refractivity contribution >= 4 is 39.2 Å². The molecule has 0 bridgehead atoms. The third-order valence-electron chi connectivity index (χ3n) is 5.10. The van der Waals surface area contributed by atoms with Gasteiger partial charge in [-0.2, -0.15) is 0 Å². The SMILES string of the molecule is Cc1ccc(N2C(=O)Nc3ccc(Br)cc3[C@]2(O)C(=O)NC2CC2)cc1C. The fourth-order valence-corrected chi connectivity index (χ4v) is 3.62. The standard InChI is InChI=1S/C20H20BrN3O3/c1-11-3-7-15(9-12(11)2)24-19(26)23-17-8-4-13(21)10-16(17)20(24,27)18(25)22-14-5-6-14/h3-4,7-10,14,27H,5-6H2,1-2H3,(H,22,25)(H,23,26)/t20-/m0/s1. The minimum absolute atomic E-state index is 0.0451. The van der Waals surface area contributed by atoms with Crippen molar-refractivity contribution < 1.29 is 14.7 Å². The van der Waals surface area contributed by atoms with Gasteiger partial charge in [0.2, 0.25) is 0 Å². The van der Waals surface area contributed by atoms with E-state index < -0.39 is 17.7 Å². The molecule has 27 heavy (non-hydrogen) atoms. The Hall–Kier alpha value is -2.38. The third kappa shape index (κ3) is 3.00. The van der Waals surface area contributed by atoms with Crippen molar-refractivity contribution in [2.45, 2.75) is 38.5 Å². The van der Waals surface area contributed by atoms with E-state index in [1.54, 1.807) is 30.3 Å². The van der Waals surface area contributed by atoms with E-state index in [2.05, 4.69) is 26.6 Å². The van der Waals surface area contributed by atoms with Crippen molar-refractivity contribution in [1.29, 1.82) is 0 Å². The molecule has 2 aromatic carbocycles. The molecule has 0 unspecified atom stereocenters. The van der Waals surface area contributed by atoms with Gasteiger partial charge >= 0.3 is 6.03 Å². The van der Waals surface area contributed by atoms with Crippen LogP contribution in [0.3, 0.4) is 0 Å². The van der Waals surface area contributed by atoms with E-state index in [1.165, 1.54) is 0 Å². The Morgan fingerprint density at radius 3 is 2.63 bits per heavy atom. The summed E-state index contributed by atoms with van der Waals surface area (Å²) in [6.45, 7) is 3.89. The molecule has 0 saturated heterocycles. The second-order valence-electron chi connectivity index (χ2n) is 7.14. The molecule has 0 aromatic heterocycles. The number of anilines is 2. The number of amides is 3. The first-order valence-electron chi connectivity index (χ1n) is 8.82. The van der Waals surface area contributed by atoms with Crippen molar-refractivity contribution in [2.75, 3.05) is 10.2 Å².